The molecule has 0 aromatic carbocycles. The first kappa shape index (κ1) is 13.3. The fraction of sp³-hybridized carbons (Fsp3) is 1.00. The van der Waals surface area contributed by atoms with Crippen molar-refractivity contribution in [3.63, 3.8) is 0 Å². The van der Waals surface area contributed by atoms with Gasteiger partial charge in [0.15, 0.2) is 0 Å². The van der Waals surface area contributed by atoms with Gasteiger partial charge in [-0.3, -0.25) is 0 Å². The van der Waals surface area contributed by atoms with Crippen LogP contribution in [0.1, 0.15) is 45.4 Å². The molecule has 0 spiro atoms. The molecule has 0 atom stereocenters. The number of nitrogens with zero attached hydrogens (tertiary/aromatic N) is 1. The number of aliphatic hydroxyl groups is 1. The minimum absolute atomic E-state index is 0.353. The Labute approximate surface area is 106 Å². The molecule has 0 unspecified atom stereocenters. The van der Waals surface area contributed by atoms with Crippen LogP contribution >= 0.6 is 0 Å². The lowest BCUT2D eigenvalue weighted by Crippen LogP contribution is -2.45. The van der Waals surface area contributed by atoms with Gasteiger partial charge in [0, 0.05) is 6.54 Å². The molecule has 1 saturated carbocycles. The summed E-state index contributed by atoms with van der Waals surface area (Å²) in [6, 6.07) is 0. The molecule has 2 N–H and O–H groups in total. The van der Waals surface area contributed by atoms with Crippen molar-refractivity contribution in [2.75, 3.05) is 32.7 Å². The van der Waals surface area contributed by atoms with Gasteiger partial charge in [0.1, 0.15) is 0 Å². The first-order valence-electron chi connectivity index (χ1n) is 7.37. The summed E-state index contributed by atoms with van der Waals surface area (Å²) >= 11 is 0. The Kier molecular flexibility index (Phi) is 4.83. The Bertz CT molecular complexity index is 218. The molecular formula is C14H28N2O. The summed E-state index contributed by atoms with van der Waals surface area (Å²) in [5.74, 6) is 0.851. The molecule has 0 amide bonds. The van der Waals surface area contributed by atoms with Crippen molar-refractivity contribution in [1.82, 2.24) is 10.2 Å². The second kappa shape index (κ2) is 6.17. The molecule has 0 aromatic rings. The van der Waals surface area contributed by atoms with E-state index in [2.05, 4.69) is 17.1 Å². The summed E-state index contributed by atoms with van der Waals surface area (Å²) in [5, 5.41) is 13.8. The van der Waals surface area contributed by atoms with Gasteiger partial charge >= 0.3 is 0 Å². The topological polar surface area (TPSA) is 35.5 Å². The lowest BCUT2D eigenvalue weighted by Gasteiger charge is -2.36. The lowest BCUT2D eigenvalue weighted by molar-refractivity contribution is 0.000249. The van der Waals surface area contributed by atoms with E-state index in [0.717, 1.165) is 31.8 Å². The van der Waals surface area contributed by atoms with Crippen LogP contribution < -0.4 is 5.32 Å². The van der Waals surface area contributed by atoms with Crippen molar-refractivity contribution in [1.29, 1.82) is 0 Å². The molecule has 1 aliphatic heterocycles. The maximum atomic E-state index is 10.4. The van der Waals surface area contributed by atoms with E-state index in [4.69, 9.17) is 0 Å². The van der Waals surface area contributed by atoms with Crippen molar-refractivity contribution in [3.8, 4) is 0 Å². The second-order valence-corrected chi connectivity index (χ2v) is 5.96. The maximum Gasteiger partial charge on any atom is 0.0774 e. The average molecular weight is 240 g/mol. The van der Waals surface area contributed by atoms with E-state index in [1.54, 1.807) is 0 Å². The molecule has 3 heteroatoms. The predicted octanol–water partition coefficient (Wildman–Crippen LogP) is 1.61. The Hall–Kier alpha value is -0.120. The molecule has 3 nitrogen and oxygen atoms in total. The summed E-state index contributed by atoms with van der Waals surface area (Å²) in [7, 11) is 0. The Morgan fingerprint density at radius 1 is 1.24 bits per heavy atom. The number of likely N-dealkylation sites (tertiary alicyclic amines) is 1. The molecule has 2 rings (SSSR count). The molecule has 1 heterocycles. The van der Waals surface area contributed by atoms with Crippen LogP contribution in [0, 0.1) is 5.92 Å². The van der Waals surface area contributed by atoms with Crippen molar-refractivity contribution in [2.24, 2.45) is 5.92 Å². The summed E-state index contributed by atoms with van der Waals surface area (Å²) < 4.78 is 0. The van der Waals surface area contributed by atoms with Crippen LogP contribution in [-0.4, -0.2) is 48.3 Å². The van der Waals surface area contributed by atoms with Crippen LogP contribution in [-0.2, 0) is 0 Å². The zero-order chi connectivity index (χ0) is 12.1. The Morgan fingerprint density at radius 3 is 2.47 bits per heavy atom. The number of nitrogens with one attached hydrogen (secondary N) is 1. The van der Waals surface area contributed by atoms with E-state index >= 15 is 0 Å². The van der Waals surface area contributed by atoms with Gasteiger partial charge in [-0.05, 0) is 57.8 Å². The number of β-amino-alcohol motifs (C(OH)–C–C–N with tert-alkyl or cyclic N) is 1. The quantitative estimate of drug-likeness (QED) is 0.766. The first-order chi connectivity index (χ1) is 8.22. The molecule has 1 saturated heterocycles. The fourth-order valence-electron chi connectivity index (χ4n) is 3.30. The maximum absolute atomic E-state index is 10.4. The zero-order valence-electron chi connectivity index (χ0n) is 11.2. The van der Waals surface area contributed by atoms with E-state index in [1.165, 1.54) is 45.3 Å². The highest BCUT2D eigenvalue weighted by atomic mass is 16.3. The number of piperidine rings is 1. The lowest BCUT2D eigenvalue weighted by atomic mass is 9.94. The van der Waals surface area contributed by atoms with Crippen LogP contribution in [0.25, 0.3) is 0 Å². The van der Waals surface area contributed by atoms with Crippen molar-refractivity contribution >= 4 is 0 Å². The van der Waals surface area contributed by atoms with Gasteiger partial charge in [-0.25, -0.2) is 0 Å². The molecule has 100 valence electrons. The molecular weight excluding hydrogens is 212 g/mol. The summed E-state index contributed by atoms with van der Waals surface area (Å²) in [5.41, 5.74) is -0.353. The van der Waals surface area contributed by atoms with Crippen LogP contribution in [0.5, 0.6) is 0 Å². The summed E-state index contributed by atoms with van der Waals surface area (Å²) in [6.45, 7) is 7.71. The third-order valence-corrected chi connectivity index (χ3v) is 4.44. The normalized spacial score (nSPS) is 26.5. The molecule has 1 aliphatic carbocycles. The third-order valence-electron chi connectivity index (χ3n) is 4.44. The average Bonchev–Trinajstić information content (AvgIpc) is 2.75. The predicted molar refractivity (Wildman–Crippen MR) is 71.1 cm³/mol. The molecule has 17 heavy (non-hydrogen) atoms. The zero-order valence-corrected chi connectivity index (χ0v) is 11.2. The van der Waals surface area contributed by atoms with Crippen LogP contribution in [0.3, 0.4) is 0 Å². The van der Waals surface area contributed by atoms with Gasteiger partial charge in [0.05, 0.1) is 5.60 Å². The number of hydrogen-bond acceptors (Lipinski definition) is 3. The minimum Gasteiger partial charge on any atom is -0.389 e. The molecule has 2 aliphatic rings. The van der Waals surface area contributed by atoms with Crippen LogP contribution in [0.4, 0.5) is 0 Å². The smallest absolute Gasteiger partial charge is 0.0774 e. The van der Waals surface area contributed by atoms with E-state index in [0.29, 0.717) is 0 Å². The number of hydrogen-bond donors (Lipinski definition) is 2. The van der Waals surface area contributed by atoms with Gasteiger partial charge in [-0.2, -0.15) is 0 Å². The van der Waals surface area contributed by atoms with Crippen LogP contribution in [0.2, 0.25) is 0 Å². The van der Waals surface area contributed by atoms with Gasteiger partial charge < -0.3 is 15.3 Å². The molecule has 0 radical (unpaired) electrons. The van der Waals surface area contributed by atoms with Crippen molar-refractivity contribution in [2.45, 2.75) is 51.0 Å². The van der Waals surface area contributed by atoms with E-state index in [1.807, 2.05) is 0 Å². The molecule has 0 bridgehead atoms. The SMILES string of the molecule is CCNCC1CCN(CC2(O)CCCC2)CC1. The minimum atomic E-state index is -0.353. The van der Waals surface area contributed by atoms with Gasteiger partial charge in [0.25, 0.3) is 0 Å². The third kappa shape index (κ3) is 3.94. The first-order valence-corrected chi connectivity index (χ1v) is 7.37. The van der Waals surface area contributed by atoms with Gasteiger partial charge in [-0.1, -0.05) is 19.8 Å². The Morgan fingerprint density at radius 2 is 1.88 bits per heavy atom. The highest BCUT2D eigenvalue weighted by Crippen LogP contribution is 2.31. The van der Waals surface area contributed by atoms with Crippen molar-refractivity contribution in [3.05, 3.63) is 0 Å². The van der Waals surface area contributed by atoms with Gasteiger partial charge in [-0.15, -0.1) is 0 Å². The van der Waals surface area contributed by atoms with Crippen molar-refractivity contribution < 1.29 is 5.11 Å². The highest BCUT2D eigenvalue weighted by molar-refractivity contribution is 4.88. The van der Waals surface area contributed by atoms with Gasteiger partial charge in [0.2, 0.25) is 0 Å². The molecule has 2 fully saturated rings. The number of rotatable bonds is 5. The second-order valence-electron chi connectivity index (χ2n) is 5.96. The Balaban J connectivity index is 1.68. The fourth-order valence-corrected chi connectivity index (χ4v) is 3.30. The van der Waals surface area contributed by atoms with E-state index in [9.17, 15) is 5.11 Å². The van der Waals surface area contributed by atoms with E-state index < -0.39 is 0 Å². The highest BCUT2D eigenvalue weighted by Gasteiger charge is 2.33. The summed E-state index contributed by atoms with van der Waals surface area (Å²) in [4.78, 5) is 2.48. The molecule has 0 aromatic heterocycles. The summed E-state index contributed by atoms with van der Waals surface area (Å²) in [6.07, 6.45) is 7.06. The monoisotopic (exact) mass is 240 g/mol. The van der Waals surface area contributed by atoms with Crippen LogP contribution in [0.15, 0.2) is 0 Å². The van der Waals surface area contributed by atoms with E-state index in [-0.39, 0.29) is 5.60 Å². The largest absolute Gasteiger partial charge is 0.389 e. The standard InChI is InChI=1S/C14H28N2O/c1-2-15-11-13-5-9-16(10-6-13)12-14(17)7-3-4-8-14/h13,15,17H,2-12H2,1H3.